The molecule has 0 saturated heterocycles. The summed E-state index contributed by atoms with van der Waals surface area (Å²) in [5.74, 6) is 0.368. The van der Waals surface area contributed by atoms with Crippen LogP contribution in [0.4, 0.5) is 0 Å². The Kier molecular flexibility index (Phi) is 5.04. The molecule has 0 unspecified atom stereocenters. The van der Waals surface area contributed by atoms with Gasteiger partial charge in [0.05, 0.1) is 29.6 Å². The highest BCUT2D eigenvalue weighted by Crippen LogP contribution is 2.22. The van der Waals surface area contributed by atoms with Gasteiger partial charge in [-0.1, -0.05) is 25.4 Å². The molecular formula is C19H21ClN4O. The van der Waals surface area contributed by atoms with Crippen molar-refractivity contribution in [1.82, 2.24) is 19.9 Å². The summed E-state index contributed by atoms with van der Waals surface area (Å²) in [7, 11) is 0. The van der Waals surface area contributed by atoms with Gasteiger partial charge in [-0.25, -0.2) is 4.98 Å². The number of hydrogen-bond donors (Lipinski definition) is 1. The van der Waals surface area contributed by atoms with E-state index in [1.54, 1.807) is 30.7 Å². The third-order valence-electron chi connectivity index (χ3n) is 3.93. The first kappa shape index (κ1) is 17.4. The quantitative estimate of drug-likeness (QED) is 0.752. The summed E-state index contributed by atoms with van der Waals surface area (Å²) in [5.41, 5.74) is 3.12. The number of carbonyl (C=O) groups is 1. The molecule has 1 amide bonds. The Labute approximate surface area is 152 Å². The number of nitrogens with one attached hydrogen (secondary N) is 1. The number of hydrogen-bond acceptors (Lipinski definition) is 3. The highest BCUT2D eigenvalue weighted by molar-refractivity contribution is 6.31. The second-order valence-electron chi connectivity index (χ2n) is 6.59. The number of rotatable bonds is 5. The molecule has 2 aromatic heterocycles. The van der Waals surface area contributed by atoms with Crippen molar-refractivity contribution >= 4 is 28.4 Å². The maximum Gasteiger partial charge on any atom is 0.252 e. The van der Waals surface area contributed by atoms with E-state index in [1.807, 2.05) is 13.0 Å². The van der Waals surface area contributed by atoms with E-state index in [2.05, 4.69) is 33.7 Å². The number of halogens is 1. The van der Waals surface area contributed by atoms with Crippen molar-refractivity contribution in [3.8, 4) is 0 Å². The van der Waals surface area contributed by atoms with Crippen LogP contribution in [-0.2, 0) is 13.1 Å². The van der Waals surface area contributed by atoms with Crippen molar-refractivity contribution in [2.24, 2.45) is 5.92 Å². The molecule has 1 aromatic carbocycles. The molecule has 0 aliphatic carbocycles. The van der Waals surface area contributed by atoms with Gasteiger partial charge >= 0.3 is 0 Å². The average molecular weight is 357 g/mol. The minimum Gasteiger partial charge on any atom is -0.346 e. The lowest BCUT2D eigenvalue weighted by Crippen LogP contribution is -2.25. The zero-order valence-corrected chi connectivity index (χ0v) is 15.3. The highest BCUT2D eigenvalue weighted by Gasteiger charge is 2.13. The molecule has 2 heterocycles. The number of pyridine rings is 1. The molecule has 3 aromatic rings. The fourth-order valence-electron chi connectivity index (χ4n) is 2.84. The predicted octanol–water partition coefficient (Wildman–Crippen LogP) is 3.98. The van der Waals surface area contributed by atoms with E-state index in [4.69, 9.17) is 11.6 Å². The highest BCUT2D eigenvalue weighted by atomic mass is 35.5. The van der Waals surface area contributed by atoms with E-state index in [0.717, 1.165) is 28.8 Å². The molecule has 25 heavy (non-hydrogen) atoms. The van der Waals surface area contributed by atoms with Crippen LogP contribution in [0.1, 0.15) is 35.6 Å². The van der Waals surface area contributed by atoms with Gasteiger partial charge in [0.1, 0.15) is 0 Å². The average Bonchev–Trinajstić information content (AvgIpc) is 2.98. The largest absolute Gasteiger partial charge is 0.346 e. The van der Waals surface area contributed by atoms with Crippen molar-refractivity contribution in [2.45, 2.75) is 33.9 Å². The Morgan fingerprint density at radius 1 is 1.32 bits per heavy atom. The molecule has 0 bridgehead atoms. The van der Waals surface area contributed by atoms with Gasteiger partial charge in [0, 0.05) is 28.8 Å². The van der Waals surface area contributed by atoms with E-state index in [0.29, 0.717) is 23.0 Å². The molecule has 130 valence electrons. The van der Waals surface area contributed by atoms with Crippen LogP contribution in [0, 0.1) is 12.8 Å². The van der Waals surface area contributed by atoms with Gasteiger partial charge < -0.3 is 9.88 Å². The van der Waals surface area contributed by atoms with Crippen LogP contribution < -0.4 is 5.32 Å². The molecule has 5 nitrogen and oxygen atoms in total. The van der Waals surface area contributed by atoms with Gasteiger partial charge in [-0.2, -0.15) is 0 Å². The number of fused-ring (bicyclic) bond motifs is 1. The summed E-state index contributed by atoms with van der Waals surface area (Å²) < 4.78 is 2.07. The first-order valence-corrected chi connectivity index (χ1v) is 8.66. The summed E-state index contributed by atoms with van der Waals surface area (Å²) in [6.07, 6.45) is 3.59. The molecule has 0 aliphatic heterocycles. The zero-order valence-electron chi connectivity index (χ0n) is 14.6. The number of amides is 1. The van der Waals surface area contributed by atoms with Gasteiger partial charge in [-0.3, -0.25) is 9.78 Å². The minimum absolute atomic E-state index is 0.143. The lowest BCUT2D eigenvalue weighted by atomic mass is 10.1. The Morgan fingerprint density at radius 3 is 2.88 bits per heavy atom. The molecule has 1 N–H and O–H groups in total. The summed E-state index contributed by atoms with van der Waals surface area (Å²) in [5, 5.41) is 4.32. The van der Waals surface area contributed by atoms with Crippen molar-refractivity contribution in [3.63, 3.8) is 0 Å². The smallest absolute Gasteiger partial charge is 0.252 e. The maximum absolute atomic E-state index is 12.7. The van der Waals surface area contributed by atoms with Crippen LogP contribution in [0.5, 0.6) is 0 Å². The molecule has 3 rings (SSSR count). The van der Waals surface area contributed by atoms with E-state index >= 15 is 0 Å². The normalized spacial score (nSPS) is 11.2. The molecule has 0 spiro atoms. The van der Waals surface area contributed by atoms with Gasteiger partial charge in [0.25, 0.3) is 5.91 Å². The van der Waals surface area contributed by atoms with Crippen LogP contribution in [0.25, 0.3) is 10.9 Å². The molecular weight excluding hydrogens is 336 g/mol. The number of aromatic nitrogens is 3. The van der Waals surface area contributed by atoms with Gasteiger partial charge in [0.15, 0.2) is 0 Å². The third-order valence-corrected chi connectivity index (χ3v) is 4.17. The number of aryl methyl sites for hydroxylation is 1. The first-order chi connectivity index (χ1) is 11.9. The van der Waals surface area contributed by atoms with Crippen molar-refractivity contribution in [2.75, 3.05) is 0 Å². The summed E-state index contributed by atoms with van der Waals surface area (Å²) in [4.78, 5) is 21.4. The van der Waals surface area contributed by atoms with Gasteiger partial charge in [0.2, 0.25) is 0 Å². The maximum atomic E-state index is 12.7. The summed E-state index contributed by atoms with van der Waals surface area (Å²) in [6.45, 7) is 7.48. The van der Waals surface area contributed by atoms with Crippen molar-refractivity contribution in [3.05, 3.63) is 58.8 Å². The molecule has 0 aliphatic rings. The third kappa shape index (κ3) is 3.99. The second-order valence-corrected chi connectivity index (χ2v) is 7.02. The van der Waals surface area contributed by atoms with Crippen LogP contribution in [0.15, 0.2) is 36.8 Å². The van der Waals surface area contributed by atoms with Gasteiger partial charge in [-0.15, -0.1) is 0 Å². The Balaban J connectivity index is 1.84. The molecule has 0 fully saturated rings. The van der Waals surface area contributed by atoms with E-state index < -0.39 is 0 Å². The summed E-state index contributed by atoms with van der Waals surface area (Å²) >= 11 is 6.09. The molecule has 0 radical (unpaired) electrons. The number of nitrogens with zero attached hydrogens (tertiary/aromatic N) is 3. The first-order valence-electron chi connectivity index (χ1n) is 8.28. The fraction of sp³-hybridized carbons (Fsp3) is 0.316. The van der Waals surface area contributed by atoms with E-state index in [-0.39, 0.29) is 5.91 Å². The SMILES string of the molecule is Cc1cc(C(=O)NCc2cncn2CC(C)C)c2cc(Cl)ccc2n1. The minimum atomic E-state index is -0.143. The number of imidazole rings is 1. The number of carbonyl (C=O) groups excluding carboxylic acids is 1. The Morgan fingerprint density at radius 2 is 2.12 bits per heavy atom. The molecule has 0 atom stereocenters. The van der Waals surface area contributed by atoms with Crippen LogP contribution in [-0.4, -0.2) is 20.4 Å². The topological polar surface area (TPSA) is 59.8 Å². The predicted molar refractivity (Wildman–Crippen MR) is 99.7 cm³/mol. The van der Waals surface area contributed by atoms with Gasteiger partial charge in [-0.05, 0) is 37.1 Å². The Bertz CT molecular complexity index is 917. The van der Waals surface area contributed by atoms with Crippen LogP contribution >= 0.6 is 11.6 Å². The van der Waals surface area contributed by atoms with E-state index in [1.165, 1.54) is 0 Å². The van der Waals surface area contributed by atoms with E-state index in [9.17, 15) is 4.79 Å². The molecule has 0 saturated carbocycles. The lowest BCUT2D eigenvalue weighted by Gasteiger charge is -2.12. The zero-order chi connectivity index (χ0) is 18.0. The lowest BCUT2D eigenvalue weighted by molar-refractivity contribution is 0.0951. The van der Waals surface area contributed by atoms with Crippen LogP contribution in [0.3, 0.4) is 0 Å². The standard InChI is InChI=1S/C19H21ClN4O/c1-12(2)10-24-11-21-8-15(24)9-22-19(25)17-6-13(3)23-18-5-4-14(20)7-16(17)18/h4-8,11-12H,9-10H2,1-3H3,(H,22,25). The fourth-order valence-corrected chi connectivity index (χ4v) is 3.01. The monoisotopic (exact) mass is 356 g/mol. The van der Waals surface area contributed by atoms with Crippen LogP contribution in [0.2, 0.25) is 5.02 Å². The van der Waals surface area contributed by atoms with Crippen molar-refractivity contribution < 1.29 is 4.79 Å². The summed E-state index contributed by atoms with van der Waals surface area (Å²) in [6, 6.07) is 7.18. The Hall–Kier alpha value is -2.40. The second kappa shape index (κ2) is 7.23. The number of benzene rings is 1. The van der Waals surface area contributed by atoms with Crippen molar-refractivity contribution in [1.29, 1.82) is 0 Å². The molecule has 6 heteroatoms.